The Labute approximate surface area is 169 Å². The maximum Gasteiger partial charge on any atom is 0.415 e. The molecule has 1 aliphatic rings. The summed E-state index contributed by atoms with van der Waals surface area (Å²) in [5.74, 6) is 0.355. The number of ether oxygens (including phenoxy) is 2. The molecule has 150 valence electrons. The van der Waals surface area contributed by atoms with Crippen LogP contribution in [0.25, 0.3) is 0 Å². The molecule has 0 fully saturated rings. The number of aromatic nitrogens is 2. The first-order valence-electron chi connectivity index (χ1n) is 8.53. The second-order valence-corrected chi connectivity index (χ2v) is 6.75. The van der Waals surface area contributed by atoms with Gasteiger partial charge in [-0.2, -0.15) is 4.98 Å². The van der Waals surface area contributed by atoms with Gasteiger partial charge in [-0.3, -0.25) is 9.62 Å². The topological polar surface area (TPSA) is 102 Å². The fraction of sp³-hybridized carbons (Fsp3) is 0.167. The van der Waals surface area contributed by atoms with E-state index in [-0.39, 0.29) is 25.0 Å². The van der Waals surface area contributed by atoms with Crippen LogP contribution < -0.4 is 18.9 Å². The molecule has 3 aromatic rings. The van der Waals surface area contributed by atoms with Gasteiger partial charge in [0.05, 0.1) is 19.3 Å². The smallest absolute Gasteiger partial charge is 0.415 e. The Morgan fingerprint density at radius 2 is 2.21 bits per heavy atom. The second kappa shape index (κ2) is 8.37. The number of nitrogens with zero attached hydrogens (tertiary/aromatic N) is 3. The SMILES string of the molecule is CNSNc1nccc(CN2Cc3ccc(Oc4ncco4)cc3OC2=O)c1F. The van der Waals surface area contributed by atoms with Crippen LogP contribution in [0, 0.1) is 5.82 Å². The number of benzene rings is 1. The summed E-state index contributed by atoms with van der Waals surface area (Å²) in [6.07, 6.45) is 3.83. The zero-order valence-corrected chi connectivity index (χ0v) is 16.0. The van der Waals surface area contributed by atoms with E-state index >= 15 is 0 Å². The quantitative estimate of drug-likeness (QED) is 0.557. The first-order valence-corrected chi connectivity index (χ1v) is 9.34. The third-order valence-corrected chi connectivity index (χ3v) is 4.55. The van der Waals surface area contributed by atoms with Crippen molar-refractivity contribution in [2.24, 2.45) is 0 Å². The summed E-state index contributed by atoms with van der Waals surface area (Å²) in [6, 6.07) is 6.59. The summed E-state index contributed by atoms with van der Waals surface area (Å²) in [4.78, 5) is 21.7. The summed E-state index contributed by atoms with van der Waals surface area (Å²) in [5, 5.41) is 0. The van der Waals surface area contributed by atoms with Gasteiger partial charge in [0.1, 0.15) is 17.8 Å². The minimum atomic E-state index is -0.582. The highest BCUT2D eigenvalue weighted by atomic mass is 32.2. The number of oxazole rings is 1. The normalized spacial score (nSPS) is 13.0. The molecule has 0 atom stereocenters. The molecule has 1 aromatic carbocycles. The zero-order valence-electron chi connectivity index (χ0n) is 15.2. The Morgan fingerprint density at radius 3 is 3.00 bits per heavy atom. The molecule has 4 rings (SSSR count). The van der Waals surface area contributed by atoms with Crippen LogP contribution in [-0.4, -0.2) is 28.0 Å². The minimum absolute atomic E-state index is 0.0418. The van der Waals surface area contributed by atoms with Crippen molar-refractivity contribution in [3.63, 3.8) is 0 Å². The number of anilines is 1. The number of hydrogen-bond donors (Lipinski definition) is 2. The number of hydrogen-bond acceptors (Lipinski definition) is 9. The van der Waals surface area contributed by atoms with Gasteiger partial charge >= 0.3 is 12.2 Å². The number of pyridine rings is 1. The van der Waals surface area contributed by atoms with Crippen LogP contribution in [0.2, 0.25) is 0 Å². The lowest BCUT2D eigenvalue weighted by Crippen LogP contribution is -2.36. The highest BCUT2D eigenvalue weighted by Gasteiger charge is 2.27. The van der Waals surface area contributed by atoms with E-state index in [0.717, 1.165) is 17.7 Å². The maximum atomic E-state index is 14.6. The third kappa shape index (κ3) is 4.25. The van der Waals surface area contributed by atoms with Crippen LogP contribution in [0.15, 0.2) is 47.3 Å². The Kier molecular flexibility index (Phi) is 5.49. The van der Waals surface area contributed by atoms with Crippen LogP contribution in [0.5, 0.6) is 17.6 Å². The van der Waals surface area contributed by atoms with Crippen LogP contribution in [0.4, 0.5) is 15.0 Å². The fourth-order valence-electron chi connectivity index (χ4n) is 2.72. The van der Waals surface area contributed by atoms with Gasteiger partial charge in [-0.15, -0.1) is 0 Å². The van der Waals surface area contributed by atoms with Gasteiger partial charge in [-0.1, -0.05) is 0 Å². The molecule has 1 aliphatic heterocycles. The van der Waals surface area contributed by atoms with Crippen molar-refractivity contribution in [2.75, 3.05) is 11.8 Å². The first kappa shape index (κ1) is 19.0. The highest BCUT2D eigenvalue weighted by Crippen LogP contribution is 2.32. The molecule has 11 heteroatoms. The van der Waals surface area contributed by atoms with Gasteiger partial charge in [0, 0.05) is 35.5 Å². The van der Waals surface area contributed by atoms with Gasteiger partial charge < -0.3 is 13.9 Å². The predicted molar refractivity (Wildman–Crippen MR) is 103 cm³/mol. The third-order valence-electron chi connectivity index (χ3n) is 4.05. The maximum absolute atomic E-state index is 14.6. The lowest BCUT2D eigenvalue weighted by molar-refractivity contribution is 0.134. The lowest BCUT2D eigenvalue weighted by Gasteiger charge is -2.28. The van der Waals surface area contributed by atoms with Crippen molar-refractivity contribution in [3.8, 4) is 17.6 Å². The second-order valence-electron chi connectivity index (χ2n) is 5.93. The van der Waals surface area contributed by atoms with Gasteiger partial charge in [-0.05, 0) is 25.2 Å². The molecule has 3 heterocycles. The van der Waals surface area contributed by atoms with E-state index in [0.29, 0.717) is 17.1 Å². The summed E-state index contributed by atoms with van der Waals surface area (Å²) in [6.45, 7) is 0.309. The van der Waals surface area contributed by atoms with Crippen molar-refractivity contribution in [2.45, 2.75) is 13.1 Å². The molecule has 2 aromatic heterocycles. The van der Waals surface area contributed by atoms with E-state index in [1.54, 1.807) is 25.2 Å². The number of carbonyl (C=O) groups excluding carboxylic acids is 1. The van der Waals surface area contributed by atoms with Crippen LogP contribution in [0.3, 0.4) is 0 Å². The summed E-state index contributed by atoms with van der Waals surface area (Å²) in [5.41, 5.74) is 1.09. The van der Waals surface area contributed by atoms with Gasteiger partial charge in [-0.25, -0.2) is 18.9 Å². The molecule has 2 N–H and O–H groups in total. The number of nitrogens with one attached hydrogen (secondary N) is 2. The molecule has 29 heavy (non-hydrogen) atoms. The van der Waals surface area contributed by atoms with Crippen molar-refractivity contribution in [3.05, 3.63) is 59.9 Å². The Bertz CT molecular complexity index is 1020. The molecule has 0 bridgehead atoms. The molecule has 1 amide bonds. The van der Waals surface area contributed by atoms with E-state index < -0.39 is 11.9 Å². The summed E-state index contributed by atoms with van der Waals surface area (Å²) in [7, 11) is 1.70. The molecule has 0 unspecified atom stereocenters. The monoisotopic (exact) mass is 417 g/mol. The van der Waals surface area contributed by atoms with E-state index in [4.69, 9.17) is 13.9 Å². The number of amides is 1. The fourth-order valence-corrected chi connectivity index (χ4v) is 3.06. The van der Waals surface area contributed by atoms with E-state index in [1.165, 1.54) is 29.6 Å². The Morgan fingerprint density at radius 1 is 1.31 bits per heavy atom. The minimum Gasteiger partial charge on any atom is -0.417 e. The van der Waals surface area contributed by atoms with E-state index in [2.05, 4.69) is 19.4 Å². The molecule has 0 radical (unpaired) electrons. The summed E-state index contributed by atoms with van der Waals surface area (Å²) >= 11 is 1.09. The van der Waals surface area contributed by atoms with Gasteiger partial charge in [0.2, 0.25) is 0 Å². The predicted octanol–water partition coefficient (Wildman–Crippen LogP) is 3.71. The number of halogens is 1. The summed E-state index contributed by atoms with van der Waals surface area (Å²) < 4.78 is 36.0. The van der Waals surface area contributed by atoms with E-state index in [1.807, 2.05) is 0 Å². The molecule has 0 aliphatic carbocycles. The van der Waals surface area contributed by atoms with Gasteiger partial charge in [0.15, 0.2) is 11.6 Å². The Balaban J connectivity index is 1.49. The van der Waals surface area contributed by atoms with Crippen molar-refractivity contribution in [1.82, 2.24) is 19.6 Å². The molecule has 9 nitrogen and oxygen atoms in total. The van der Waals surface area contributed by atoms with Crippen molar-refractivity contribution in [1.29, 1.82) is 0 Å². The number of carbonyl (C=O) groups is 1. The molecule has 0 saturated carbocycles. The highest BCUT2D eigenvalue weighted by molar-refractivity contribution is 7.98. The number of rotatable bonds is 7. The molecule has 0 spiro atoms. The lowest BCUT2D eigenvalue weighted by atomic mass is 10.1. The Hall–Kier alpha value is -3.31. The largest absolute Gasteiger partial charge is 0.417 e. The number of fused-ring (bicyclic) bond motifs is 1. The van der Waals surface area contributed by atoms with Crippen molar-refractivity contribution < 1.29 is 23.1 Å². The van der Waals surface area contributed by atoms with E-state index in [9.17, 15) is 9.18 Å². The average molecular weight is 417 g/mol. The van der Waals surface area contributed by atoms with Crippen LogP contribution in [-0.2, 0) is 13.1 Å². The average Bonchev–Trinajstić information content (AvgIpc) is 3.22. The first-order chi connectivity index (χ1) is 14.1. The van der Waals surface area contributed by atoms with Crippen LogP contribution >= 0.6 is 12.1 Å². The van der Waals surface area contributed by atoms with Gasteiger partial charge in [0.25, 0.3) is 0 Å². The standard InChI is InChI=1S/C18H16FN5O4S/c1-20-29-23-16-15(19)12(4-5-21-16)10-24-9-11-2-3-13(8-14(11)28-18(24)25)27-17-22-6-7-26-17/h2-8,20H,9-10H2,1H3,(H,21,23). The molecular formula is C18H16FN5O4S. The molecular weight excluding hydrogens is 401 g/mol. The molecule has 0 saturated heterocycles. The van der Waals surface area contributed by atoms with Crippen molar-refractivity contribution >= 4 is 24.0 Å². The van der Waals surface area contributed by atoms with Crippen LogP contribution in [0.1, 0.15) is 11.1 Å². The zero-order chi connectivity index (χ0) is 20.2.